The van der Waals surface area contributed by atoms with Gasteiger partial charge in [-0.25, -0.2) is 0 Å². The van der Waals surface area contributed by atoms with Crippen LogP contribution in [0.4, 0.5) is 5.69 Å². The zero-order valence-electron chi connectivity index (χ0n) is 31.0. The van der Waals surface area contributed by atoms with Crippen LogP contribution in [0.5, 0.6) is 28.7 Å². The van der Waals surface area contributed by atoms with E-state index in [0.29, 0.717) is 11.5 Å². The molecule has 52 heavy (non-hydrogen) atoms. The number of rotatable bonds is 8. The molecule has 6 aromatic carbocycles. The van der Waals surface area contributed by atoms with Gasteiger partial charge in [-0.2, -0.15) is 0 Å². The van der Waals surface area contributed by atoms with Crippen molar-refractivity contribution in [1.82, 2.24) is 0 Å². The molecule has 1 heterocycles. The average molecular weight is 690 g/mol. The minimum absolute atomic E-state index is 0.344. The SMILES string of the molecule is COc1ccc(C2(c3ccc(OC)cc3)C=Cc3c4c(c5cc(OC)c(OC)cc5c3O2)-c2ccc(-c3ccc(N(C)C)cc3)cc2C4(C)C)cc1. The third kappa shape index (κ3) is 5.00. The summed E-state index contributed by atoms with van der Waals surface area (Å²) in [6.07, 6.45) is 4.46. The van der Waals surface area contributed by atoms with Crippen LogP contribution in [-0.4, -0.2) is 42.5 Å². The lowest BCUT2D eigenvalue weighted by Crippen LogP contribution is -2.35. The highest BCUT2D eigenvalue weighted by atomic mass is 16.5. The van der Waals surface area contributed by atoms with Gasteiger partial charge in [0.15, 0.2) is 17.1 Å². The number of hydrogen-bond acceptors (Lipinski definition) is 6. The van der Waals surface area contributed by atoms with E-state index in [1.54, 1.807) is 28.4 Å². The molecule has 0 amide bonds. The molecule has 0 spiro atoms. The summed E-state index contributed by atoms with van der Waals surface area (Å²) in [7, 11) is 10.9. The fourth-order valence-corrected chi connectivity index (χ4v) is 8.10. The second kappa shape index (κ2) is 12.4. The van der Waals surface area contributed by atoms with E-state index in [1.165, 1.54) is 39.1 Å². The summed E-state index contributed by atoms with van der Waals surface area (Å²) in [5.41, 5.74) is 10.2. The normalized spacial score (nSPS) is 14.5. The van der Waals surface area contributed by atoms with Crippen molar-refractivity contribution in [3.05, 3.63) is 137 Å². The van der Waals surface area contributed by atoms with Gasteiger partial charge < -0.3 is 28.6 Å². The van der Waals surface area contributed by atoms with Gasteiger partial charge in [0, 0.05) is 47.3 Å². The molecular formula is C46H43NO5. The van der Waals surface area contributed by atoms with Crippen LogP contribution >= 0.6 is 0 Å². The molecule has 0 radical (unpaired) electrons. The number of methoxy groups -OCH3 is 4. The number of ether oxygens (including phenoxy) is 5. The Morgan fingerprint density at radius 2 is 1.15 bits per heavy atom. The molecule has 0 unspecified atom stereocenters. The number of fused-ring (bicyclic) bond motifs is 8. The summed E-state index contributed by atoms with van der Waals surface area (Å²) in [6.45, 7) is 4.65. The lowest BCUT2D eigenvalue weighted by atomic mass is 9.76. The first kappa shape index (κ1) is 33.3. The predicted octanol–water partition coefficient (Wildman–Crippen LogP) is 10.3. The lowest BCUT2D eigenvalue weighted by Gasteiger charge is -2.38. The second-order valence-electron chi connectivity index (χ2n) is 14.2. The maximum absolute atomic E-state index is 7.50. The summed E-state index contributed by atoms with van der Waals surface area (Å²) in [5, 5.41) is 2.00. The molecule has 1 aliphatic heterocycles. The summed E-state index contributed by atoms with van der Waals surface area (Å²) in [4.78, 5) is 2.12. The minimum atomic E-state index is -0.943. The Labute approximate surface area is 305 Å². The molecule has 6 nitrogen and oxygen atoms in total. The Morgan fingerprint density at radius 1 is 0.596 bits per heavy atom. The molecule has 262 valence electrons. The van der Waals surface area contributed by atoms with Gasteiger partial charge >= 0.3 is 0 Å². The van der Waals surface area contributed by atoms with Crippen molar-refractivity contribution in [1.29, 1.82) is 0 Å². The summed E-state index contributed by atoms with van der Waals surface area (Å²) in [6, 6.07) is 36.0. The second-order valence-corrected chi connectivity index (χ2v) is 14.2. The van der Waals surface area contributed by atoms with Crippen molar-refractivity contribution >= 4 is 22.5 Å². The fourth-order valence-electron chi connectivity index (χ4n) is 8.10. The van der Waals surface area contributed by atoms with Crippen molar-refractivity contribution < 1.29 is 23.7 Å². The van der Waals surface area contributed by atoms with E-state index in [1.807, 2.05) is 24.3 Å². The van der Waals surface area contributed by atoms with Crippen molar-refractivity contribution in [2.75, 3.05) is 47.4 Å². The van der Waals surface area contributed by atoms with Crippen LogP contribution in [-0.2, 0) is 11.0 Å². The van der Waals surface area contributed by atoms with E-state index in [2.05, 4.69) is 124 Å². The first-order chi connectivity index (χ1) is 25.1. The Bertz CT molecular complexity index is 2310. The van der Waals surface area contributed by atoms with Crippen LogP contribution in [0.3, 0.4) is 0 Å². The van der Waals surface area contributed by atoms with Crippen molar-refractivity contribution in [3.8, 4) is 51.0 Å². The van der Waals surface area contributed by atoms with E-state index in [4.69, 9.17) is 23.7 Å². The van der Waals surface area contributed by atoms with Gasteiger partial charge in [0.05, 0.1) is 28.4 Å². The number of anilines is 1. The van der Waals surface area contributed by atoms with E-state index < -0.39 is 5.60 Å². The van der Waals surface area contributed by atoms with Crippen molar-refractivity contribution in [3.63, 3.8) is 0 Å². The monoisotopic (exact) mass is 689 g/mol. The van der Waals surface area contributed by atoms with Crippen LogP contribution in [0.15, 0.2) is 109 Å². The third-order valence-corrected chi connectivity index (χ3v) is 10.9. The molecule has 0 atom stereocenters. The van der Waals surface area contributed by atoms with Crippen molar-refractivity contribution in [2.24, 2.45) is 0 Å². The smallest absolute Gasteiger partial charge is 0.178 e. The molecule has 8 rings (SSSR count). The molecule has 1 aliphatic carbocycles. The molecule has 0 fully saturated rings. The largest absolute Gasteiger partial charge is 0.497 e. The van der Waals surface area contributed by atoms with Gasteiger partial charge in [-0.05, 0) is 99.4 Å². The van der Waals surface area contributed by atoms with Gasteiger partial charge in [0.25, 0.3) is 0 Å². The zero-order chi connectivity index (χ0) is 36.4. The summed E-state index contributed by atoms with van der Waals surface area (Å²) >= 11 is 0. The molecule has 0 aromatic heterocycles. The maximum Gasteiger partial charge on any atom is 0.178 e. The molecule has 0 N–H and O–H groups in total. The van der Waals surface area contributed by atoms with Crippen LogP contribution in [0, 0.1) is 0 Å². The first-order valence-corrected chi connectivity index (χ1v) is 17.5. The number of nitrogens with zero attached hydrogens (tertiary/aromatic N) is 1. The van der Waals surface area contributed by atoms with Gasteiger partial charge in [0.2, 0.25) is 0 Å². The quantitative estimate of drug-likeness (QED) is 0.159. The molecule has 6 heteroatoms. The molecule has 2 aliphatic rings. The highest BCUT2D eigenvalue weighted by Crippen LogP contribution is 2.59. The first-order valence-electron chi connectivity index (χ1n) is 17.5. The summed E-state index contributed by atoms with van der Waals surface area (Å²) < 4.78 is 30.4. The third-order valence-electron chi connectivity index (χ3n) is 10.9. The van der Waals surface area contributed by atoms with Crippen LogP contribution in [0.2, 0.25) is 0 Å². The van der Waals surface area contributed by atoms with Crippen LogP contribution in [0.25, 0.3) is 39.1 Å². The Hall–Kier alpha value is -5.88. The molecule has 0 saturated carbocycles. The number of benzene rings is 6. The van der Waals surface area contributed by atoms with Gasteiger partial charge in [-0.3, -0.25) is 0 Å². The van der Waals surface area contributed by atoms with E-state index in [9.17, 15) is 0 Å². The topological polar surface area (TPSA) is 49.4 Å². The van der Waals surface area contributed by atoms with Gasteiger partial charge in [-0.15, -0.1) is 0 Å². The Morgan fingerprint density at radius 3 is 1.69 bits per heavy atom. The minimum Gasteiger partial charge on any atom is -0.497 e. The highest BCUT2D eigenvalue weighted by molar-refractivity contribution is 6.10. The predicted molar refractivity (Wildman–Crippen MR) is 211 cm³/mol. The van der Waals surface area contributed by atoms with E-state index >= 15 is 0 Å². The zero-order valence-corrected chi connectivity index (χ0v) is 31.0. The standard InChI is InChI=1S/C46H43NO5/c1-45(2)39-25-29(28-9-16-32(17-10-28)47(3)4)11-22-35(39)42-37-26-40(50-7)41(51-8)27-38(37)44-36(43(42)45)23-24-46(52-44,30-12-18-33(48-5)19-13-30)31-14-20-34(49-6)21-15-31/h9-27H,1-8H3. The average Bonchev–Trinajstić information content (AvgIpc) is 3.43. The van der Waals surface area contributed by atoms with Crippen LogP contribution < -0.4 is 28.6 Å². The highest BCUT2D eigenvalue weighted by Gasteiger charge is 2.44. The maximum atomic E-state index is 7.50. The Kier molecular flexibility index (Phi) is 7.94. The van der Waals surface area contributed by atoms with Crippen molar-refractivity contribution in [2.45, 2.75) is 24.9 Å². The van der Waals surface area contributed by atoms with E-state index in [0.717, 1.165) is 44.7 Å². The molecule has 6 aromatic rings. The lowest BCUT2D eigenvalue weighted by molar-refractivity contribution is 0.163. The van der Waals surface area contributed by atoms with Gasteiger partial charge in [-0.1, -0.05) is 68.5 Å². The Balaban J connectivity index is 1.39. The summed E-state index contributed by atoms with van der Waals surface area (Å²) in [5.74, 6) is 3.67. The molecular weight excluding hydrogens is 647 g/mol. The van der Waals surface area contributed by atoms with Crippen LogP contribution in [0.1, 0.15) is 41.7 Å². The van der Waals surface area contributed by atoms with E-state index in [-0.39, 0.29) is 5.41 Å². The number of hydrogen-bond donors (Lipinski definition) is 0. The fraction of sp³-hybridized carbons (Fsp3) is 0.217. The van der Waals surface area contributed by atoms with Gasteiger partial charge in [0.1, 0.15) is 17.2 Å². The molecule has 0 bridgehead atoms. The molecule has 0 saturated heterocycles.